The van der Waals surface area contributed by atoms with E-state index in [4.69, 9.17) is 6.42 Å². The quantitative estimate of drug-likeness (QED) is 0.392. The highest BCUT2D eigenvalue weighted by molar-refractivity contribution is 5.48. The summed E-state index contributed by atoms with van der Waals surface area (Å²) in [7, 11) is 0. The Bertz CT molecular complexity index is 978. The minimum atomic E-state index is 0.368. The Morgan fingerprint density at radius 1 is 1.14 bits per heavy atom. The van der Waals surface area contributed by atoms with Crippen LogP contribution in [0.2, 0.25) is 0 Å². The van der Waals surface area contributed by atoms with E-state index in [1.165, 1.54) is 43.2 Å². The van der Waals surface area contributed by atoms with Crippen LogP contribution >= 0.6 is 0 Å². The van der Waals surface area contributed by atoms with Crippen molar-refractivity contribution in [2.45, 2.75) is 98.4 Å². The summed E-state index contributed by atoms with van der Waals surface area (Å²) in [5.41, 5.74) is 5.22. The number of benzene rings is 2. The van der Waals surface area contributed by atoms with Gasteiger partial charge in [0, 0.05) is 23.8 Å². The summed E-state index contributed by atoms with van der Waals surface area (Å²) in [4.78, 5) is 2.51. The first-order valence-electron chi connectivity index (χ1n) is 14.1. The molecule has 4 rings (SSSR count). The zero-order chi connectivity index (χ0) is 26.7. The molecule has 0 amide bonds. The SMILES string of the molecule is C#Cc1cccc(C23CCC(N(CCC)C(=C)Nc4ccc(C)cc4)CC2C3)c1.CC(C)C.CCC. The third kappa shape index (κ3) is 8.19. The Labute approximate surface area is 222 Å². The first-order chi connectivity index (χ1) is 17.2. The summed E-state index contributed by atoms with van der Waals surface area (Å²) in [5.74, 6) is 5.43. The summed E-state index contributed by atoms with van der Waals surface area (Å²) in [5, 5.41) is 3.55. The highest BCUT2D eigenvalue weighted by atomic mass is 15.3. The van der Waals surface area contributed by atoms with Crippen LogP contribution in [0.15, 0.2) is 60.9 Å². The Balaban J connectivity index is 0.000000583. The summed E-state index contributed by atoms with van der Waals surface area (Å²) < 4.78 is 0. The van der Waals surface area contributed by atoms with Crippen molar-refractivity contribution in [1.29, 1.82) is 0 Å². The van der Waals surface area contributed by atoms with E-state index in [0.29, 0.717) is 11.5 Å². The van der Waals surface area contributed by atoms with Gasteiger partial charge in [-0.15, -0.1) is 6.42 Å². The molecule has 2 heteroatoms. The fourth-order valence-electron chi connectivity index (χ4n) is 5.22. The molecule has 2 aliphatic carbocycles. The maximum atomic E-state index is 5.63. The molecule has 0 spiro atoms. The zero-order valence-electron chi connectivity index (χ0n) is 24.0. The van der Waals surface area contributed by atoms with Crippen LogP contribution in [0.4, 0.5) is 5.69 Å². The lowest BCUT2D eigenvalue weighted by Gasteiger charge is -2.39. The van der Waals surface area contributed by atoms with E-state index in [2.05, 4.69) is 114 Å². The molecule has 2 fully saturated rings. The number of anilines is 1. The van der Waals surface area contributed by atoms with Crippen molar-refractivity contribution < 1.29 is 0 Å². The molecule has 0 bridgehead atoms. The summed E-state index contributed by atoms with van der Waals surface area (Å²) in [6.45, 7) is 20.6. The Morgan fingerprint density at radius 3 is 2.33 bits per heavy atom. The zero-order valence-corrected chi connectivity index (χ0v) is 24.0. The number of fused-ring (bicyclic) bond motifs is 1. The maximum Gasteiger partial charge on any atom is 0.0985 e. The Morgan fingerprint density at radius 2 is 1.78 bits per heavy atom. The first kappa shape index (κ1) is 29.6. The summed E-state index contributed by atoms with van der Waals surface area (Å²) >= 11 is 0. The molecule has 2 aromatic carbocycles. The van der Waals surface area contributed by atoms with E-state index < -0.39 is 0 Å². The standard InChI is InChI=1S/C27H32N2.C4H10.C3H8/c1-5-16-29(21(4)28-25-12-10-20(3)11-13-25)26-14-15-27(19-24(27)18-26)23-9-7-8-22(6-2)17-23;1-4(2)3;1-3-2/h2,7-13,17,24,26,28H,4-5,14-16,18-19H2,1,3H3;4H,1-3H3;3H2,1-2H3. The van der Waals surface area contributed by atoms with E-state index in [1.54, 1.807) is 0 Å². The molecule has 2 aromatic rings. The average Bonchev–Trinajstić information content (AvgIpc) is 3.59. The number of terminal acetylenes is 1. The van der Waals surface area contributed by atoms with Gasteiger partial charge in [-0.05, 0) is 86.1 Å². The normalized spacial score (nSPS) is 21.5. The van der Waals surface area contributed by atoms with Gasteiger partial charge < -0.3 is 10.2 Å². The lowest BCUT2D eigenvalue weighted by molar-refractivity contribution is 0.189. The van der Waals surface area contributed by atoms with Gasteiger partial charge in [-0.1, -0.05) is 90.3 Å². The van der Waals surface area contributed by atoms with Crippen LogP contribution in [0.5, 0.6) is 0 Å². The van der Waals surface area contributed by atoms with Crippen LogP contribution in [-0.4, -0.2) is 17.5 Å². The molecule has 0 aromatic heterocycles. The van der Waals surface area contributed by atoms with Crippen molar-refractivity contribution in [2.75, 3.05) is 11.9 Å². The van der Waals surface area contributed by atoms with E-state index in [-0.39, 0.29) is 0 Å². The molecule has 2 aliphatic rings. The van der Waals surface area contributed by atoms with Crippen LogP contribution in [0.1, 0.15) is 96.8 Å². The van der Waals surface area contributed by atoms with Crippen molar-refractivity contribution in [2.24, 2.45) is 11.8 Å². The van der Waals surface area contributed by atoms with Crippen molar-refractivity contribution in [1.82, 2.24) is 4.90 Å². The lowest BCUT2D eigenvalue weighted by Crippen LogP contribution is -2.40. The van der Waals surface area contributed by atoms with Gasteiger partial charge in [0.25, 0.3) is 0 Å². The second kappa shape index (κ2) is 14.2. The number of rotatable bonds is 7. The van der Waals surface area contributed by atoms with Gasteiger partial charge in [0.05, 0.1) is 5.82 Å². The van der Waals surface area contributed by atoms with E-state index >= 15 is 0 Å². The van der Waals surface area contributed by atoms with Gasteiger partial charge in [-0.2, -0.15) is 0 Å². The molecular formula is C34H50N2. The second-order valence-corrected chi connectivity index (χ2v) is 11.3. The molecule has 0 heterocycles. The van der Waals surface area contributed by atoms with E-state index in [1.807, 2.05) is 6.07 Å². The predicted octanol–water partition coefficient (Wildman–Crippen LogP) is 9.16. The molecule has 0 aliphatic heterocycles. The molecule has 2 saturated carbocycles. The summed E-state index contributed by atoms with van der Waals surface area (Å²) in [6, 6.07) is 17.8. The van der Waals surface area contributed by atoms with Crippen LogP contribution in [-0.2, 0) is 5.41 Å². The minimum Gasteiger partial charge on any atom is -0.356 e. The van der Waals surface area contributed by atoms with Gasteiger partial charge in [0.15, 0.2) is 0 Å². The fourth-order valence-corrected chi connectivity index (χ4v) is 5.22. The molecule has 36 heavy (non-hydrogen) atoms. The molecule has 196 valence electrons. The molecule has 0 saturated heterocycles. The first-order valence-corrected chi connectivity index (χ1v) is 14.1. The van der Waals surface area contributed by atoms with E-state index in [9.17, 15) is 0 Å². The van der Waals surface area contributed by atoms with Gasteiger partial charge >= 0.3 is 0 Å². The van der Waals surface area contributed by atoms with Crippen LogP contribution in [0.3, 0.4) is 0 Å². The average molecular weight is 487 g/mol. The van der Waals surface area contributed by atoms with Gasteiger partial charge in [0.2, 0.25) is 0 Å². The van der Waals surface area contributed by atoms with E-state index in [0.717, 1.165) is 41.9 Å². The van der Waals surface area contributed by atoms with Crippen molar-refractivity contribution in [3.63, 3.8) is 0 Å². The second-order valence-electron chi connectivity index (χ2n) is 11.3. The smallest absolute Gasteiger partial charge is 0.0985 e. The number of hydrogen-bond acceptors (Lipinski definition) is 2. The highest BCUT2D eigenvalue weighted by Crippen LogP contribution is 2.63. The molecular weight excluding hydrogens is 436 g/mol. The monoisotopic (exact) mass is 486 g/mol. The number of aryl methyl sites for hydroxylation is 1. The summed E-state index contributed by atoms with van der Waals surface area (Å²) in [6.07, 6.45) is 13.0. The molecule has 3 unspecified atom stereocenters. The molecule has 0 radical (unpaired) electrons. The van der Waals surface area contributed by atoms with Crippen molar-refractivity contribution >= 4 is 5.69 Å². The van der Waals surface area contributed by atoms with Crippen molar-refractivity contribution in [3.05, 3.63) is 77.6 Å². The Hall–Kier alpha value is -2.66. The van der Waals surface area contributed by atoms with Crippen LogP contribution in [0.25, 0.3) is 0 Å². The maximum absolute atomic E-state index is 5.63. The number of nitrogens with zero attached hydrogens (tertiary/aromatic N) is 1. The minimum absolute atomic E-state index is 0.368. The van der Waals surface area contributed by atoms with Crippen LogP contribution in [0, 0.1) is 31.1 Å². The largest absolute Gasteiger partial charge is 0.356 e. The van der Waals surface area contributed by atoms with Crippen molar-refractivity contribution in [3.8, 4) is 12.3 Å². The van der Waals surface area contributed by atoms with Gasteiger partial charge in [-0.25, -0.2) is 0 Å². The lowest BCUT2D eigenvalue weighted by atomic mass is 9.80. The van der Waals surface area contributed by atoms with Crippen LogP contribution < -0.4 is 5.32 Å². The molecule has 3 atom stereocenters. The third-order valence-electron chi connectivity index (χ3n) is 6.91. The van der Waals surface area contributed by atoms with Gasteiger partial charge in [-0.3, -0.25) is 0 Å². The molecule has 1 N–H and O–H groups in total. The van der Waals surface area contributed by atoms with Gasteiger partial charge in [0.1, 0.15) is 0 Å². The highest BCUT2D eigenvalue weighted by Gasteiger charge is 2.58. The molecule has 2 nitrogen and oxygen atoms in total. The fraction of sp³-hybridized carbons (Fsp3) is 0.529. The Kier molecular flexibility index (Phi) is 11.6. The predicted molar refractivity (Wildman–Crippen MR) is 159 cm³/mol. The number of nitrogens with one attached hydrogen (secondary N) is 1. The number of hydrogen-bond donors (Lipinski definition) is 1. The topological polar surface area (TPSA) is 15.3 Å². The third-order valence-corrected chi connectivity index (χ3v) is 6.91.